The van der Waals surface area contributed by atoms with E-state index in [9.17, 15) is 29.1 Å². The van der Waals surface area contributed by atoms with Gasteiger partial charge in [0.1, 0.15) is 66.5 Å². The molecule has 0 aliphatic carbocycles. The first-order valence-electron chi connectivity index (χ1n) is 33.2. The van der Waals surface area contributed by atoms with E-state index in [1.807, 2.05) is 68.4 Å². The maximum absolute atomic E-state index is 15.3. The first kappa shape index (κ1) is 82.8. The minimum atomic E-state index is -1.63. The summed E-state index contributed by atoms with van der Waals surface area (Å²) in [5, 5.41) is 23.4. The van der Waals surface area contributed by atoms with Crippen LogP contribution >= 0.6 is 0 Å². The molecule has 0 aromatic carbocycles. The third kappa shape index (κ3) is 22.8. The fourth-order valence-corrected chi connectivity index (χ4v) is 12.0. The first-order chi connectivity index (χ1) is 42.1. The van der Waals surface area contributed by atoms with Gasteiger partial charge in [0.05, 0.1) is 6.10 Å². The number of nitrogens with one attached hydrogen (secondary N) is 4. The maximum atomic E-state index is 15.3. The predicted octanol–water partition coefficient (Wildman–Crippen LogP) is 3.98. The zero-order valence-corrected chi connectivity index (χ0v) is 60.5. The monoisotopic (exact) mass is 1290 g/mol. The molecule has 0 unspecified atom stereocenters. The Labute approximate surface area is 546 Å². The lowest BCUT2D eigenvalue weighted by atomic mass is 9.91. The number of hydrogen-bond donors (Lipinski definition) is 5. The SMILES string of the molecule is C/C=C/C[C@@H](C)[C@@H](O)[C@H]1C(=O)N[C@@H](CC)C(=O)N(C)[C@H](CCN(CC)CC)C(=O)N(C)[C@@H](C(C)C)C(=O)N[C@@H](C(C)C)C(=O)N(C)[C@@H](CC(C)C)C(=O)N[C@@H](C)C(=O)N[C@H](C)C(=O)N(C)[C@@H](CC(C)C)C(=O)N(C)[C@@H](CC(C)C)C(=O)N(C)[C@@H](C(C)C)C(=O)N1C. The van der Waals surface area contributed by atoms with Crippen LogP contribution in [-0.4, -0.2) is 251 Å². The number of rotatable bonds is 19. The number of allylic oxidation sites excluding steroid dienone is 2. The van der Waals surface area contributed by atoms with E-state index in [1.54, 1.807) is 61.5 Å². The molecule has 0 saturated carbocycles. The van der Waals surface area contributed by atoms with Crippen molar-refractivity contribution in [2.75, 3.05) is 69.0 Å². The van der Waals surface area contributed by atoms with Crippen LogP contribution in [0.5, 0.6) is 0 Å². The lowest BCUT2D eigenvalue weighted by molar-refractivity contribution is -0.157. The topological polar surface area (TPSA) is 282 Å². The van der Waals surface area contributed by atoms with Crippen molar-refractivity contribution in [3.8, 4) is 0 Å². The van der Waals surface area contributed by atoms with Crippen LogP contribution in [0.1, 0.15) is 170 Å². The Morgan fingerprint density at radius 1 is 0.440 bits per heavy atom. The molecule has 1 saturated heterocycles. The number of hydrogen-bond acceptors (Lipinski definition) is 13. The fourth-order valence-electron chi connectivity index (χ4n) is 12.0. The number of nitrogens with zero attached hydrogens (tertiary/aromatic N) is 8. The Bertz CT molecular complexity index is 2470. The van der Waals surface area contributed by atoms with Gasteiger partial charge in [-0.05, 0) is 114 Å². The van der Waals surface area contributed by atoms with Crippen molar-refractivity contribution >= 4 is 65.0 Å². The highest BCUT2D eigenvalue weighted by molar-refractivity contribution is 6.00. The van der Waals surface area contributed by atoms with Crippen molar-refractivity contribution in [3.63, 3.8) is 0 Å². The van der Waals surface area contributed by atoms with E-state index in [1.165, 1.54) is 92.6 Å². The van der Waals surface area contributed by atoms with Crippen molar-refractivity contribution in [2.24, 2.45) is 41.4 Å². The molecule has 1 heterocycles. The highest BCUT2D eigenvalue weighted by Crippen LogP contribution is 2.26. The van der Waals surface area contributed by atoms with Gasteiger partial charge in [-0.2, -0.15) is 0 Å². The number of aliphatic hydroxyl groups is 1. The molecule has 13 atom stereocenters. The van der Waals surface area contributed by atoms with Crippen LogP contribution in [0.4, 0.5) is 0 Å². The van der Waals surface area contributed by atoms with Crippen molar-refractivity contribution < 1.29 is 57.8 Å². The number of aliphatic hydroxyl groups excluding tert-OH is 1. The van der Waals surface area contributed by atoms with E-state index in [2.05, 4.69) is 26.2 Å². The van der Waals surface area contributed by atoms with Crippen LogP contribution in [0.25, 0.3) is 0 Å². The lowest BCUT2D eigenvalue weighted by Gasteiger charge is -2.41. The maximum Gasteiger partial charge on any atom is 0.246 e. The van der Waals surface area contributed by atoms with Crippen molar-refractivity contribution in [1.29, 1.82) is 0 Å². The van der Waals surface area contributed by atoms with Gasteiger partial charge in [-0.1, -0.05) is 123 Å². The molecular formula is C67H122N12O12. The van der Waals surface area contributed by atoms with Crippen molar-refractivity contribution in [1.82, 2.24) is 60.5 Å². The second kappa shape index (κ2) is 38.1. The van der Waals surface area contributed by atoms with Crippen LogP contribution in [0.2, 0.25) is 0 Å². The van der Waals surface area contributed by atoms with Gasteiger partial charge in [0, 0.05) is 55.9 Å². The Morgan fingerprint density at radius 3 is 1.30 bits per heavy atom. The zero-order chi connectivity index (χ0) is 70.5. The summed E-state index contributed by atoms with van der Waals surface area (Å²) in [5.41, 5.74) is 0. The van der Waals surface area contributed by atoms with Crippen LogP contribution < -0.4 is 21.3 Å². The summed E-state index contributed by atoms with van der Waals surface area (Å²) >= 11 is 0. The van der Waals surface area contributed by atoms with Gasteiger partial charge >= 0.3 is 0 Å². The Balaban J connectivity index is 4.53. The summed E-state index contributed by atoms with van der Waals surface area (Å²) in [4.78, 5) is 174. The molecule has 522 valence electrons. The smallest absolute Gasteiger partial charge is 0.246 e. The largest absolute Gasteiger partial charge is 0.390 e. The van der Waals surface area contributed by atoms with Gasteiger partial charge in [0.2, 0.25) is 65.0 Å². The van der Waals surface area contributed by atoms with E-state index < -0.39 is 161 Å². The van der Waals surface area contributed by atoms with Crippen LogP contribution in [0.3, 0.4) is 0 Å². The molecule has 0 bridgehead atoms. The zero-order valence-electron chi connectivity index (χ0n) is 60.5. The number of amides is 11. The number of likely N-dealkylation sites (N-methyl/N-ethyl adjacent to an activating group) is 7. The van der Waals surface area contributed by atoms with E-state index >= 15 is 28.8 Å². The third-order valence-electron chi connectivity index (χ3n) is 17.8. The summed E-state index contributed by atoms with van der Waals surface area (Å²) in [7, 11) is 10.1. The third-order valence-corrected chi connectivity index (χ3v) is 17.8. The molecule has 0 aromatic rings. The van der Waals surface area contributed by atoms with Crippen LogP contribution in [-0.2, 0) is 52.7 Å². The minimum absolute atomic E-state index is 0.0104. The molecule has 5 N–H and O–H groups in total. The first-order valence-corrected chi connectivity index (χ1v) is 33.2. The van der Waals surface area contributed by atoms with E-state index in [4.69, 9.17) is 0 Å². The minimum Gasteiger partial charge on any atom is -0.390 e. The second-order valence-electron chi connectivity index (χ2n) is 27.7. The van der Waals surface area contributed by atoms with Gasteiger partial charge in [-0.15, -0.1) is 0 Å². The highest BCUT2D eigenvalue weighted by Gasteiger charge is 2.46. The quantitative estimate of drug-likeness (QED) is 0.115. The van der Waals surface area contributed by atoms with Gasteiger partial charge in [0.25, 0.3) is 0 Å². The molecule has 0 spiro atoms. The second-order valence-corrected chi connectivity index (χ2v) is 27.7. The molecule has 91 heavy (non-hydrogen) atoms. The number of carbonyl (C=O) groups excluding carboxylic acids is 11. The molecule has 1 aliphatic heterocycles. The van der Waals surface area contributed by atoms with Gasteiger partial charge in [-0.3, -0.25) is 52.7 Å². The molecule has 1 aliphatic rings. The molecular weight excluding hydrogens is 1160 g/mol. The average molecular weight is 1290 g/mol. The lowest BCUT2D eigenvalue weighted by Crippen LogP contribution is -2.64. The number of carbonyl (C=O) groups is 11. The normalized spacial score (nSPS) is 26.8. The Morgan fingerprint density at radius 2 is 0.846 bits per heavy atom. The molecule has 0 aromatic heterocycles. The fraction of sp³-hybridized carbons (Fsp3) is 0.806. The van der Waals surface area contributed by atoms with Crippen LogP contribution in [0.15, 0.2) is 12.2 Å². The summed E-state index contributed by atoms with van der Waals surface area (Å²) in [6, 6.07) is -13.7. The van der Waals surface area contributed by atoms with Crippen molar-refractivity contribution in [2.45, 2.75) is 243 Å². The molecule has 1 rings (SSSR count). The molecule has 11 amide bonds. The average Bonchev–Trinajstić information content (AvgIpc) is 1.64. The summed E-state index contributed by atoms with van der Waals surface area (Å²) in [6.45, 7) is 35.3. The van der Waals surface area contributed by atoms with Gasteiger partial charge < -0.3 is 65.6 Å². The molecule has 1 fully saturated rings. The molecule has 24 nitrogen and oxygen atoms in total. The van der Waals surface area contributed by atoms with E-state index in [-0.39, 0.29) is 49.9 Å². The van der Waals surface area contributed by atoms with Crippen molar-refractivity contribution in [3.05, 3.63) is 12.2 Å². The summed E-state index contributed by atoms with van der Waals surface area (Å²) in [5.74, 6) is -10.1. The van der Waals surface area contributed by atoms with Gasteiger partial charge in [0.15, 0.2) is 0 Å². The van der Waals surface area contributed by atoms with Crippen LogP contribution in [0, 0.1) is 41.4 Å². The van der Waals surface area contributed by atoms with Gasteiger partial charge in [-0.25, -0.2) is 0 Å². The highest BCUT2D eigenvalue weighted by atomic mass is 16.3. The molecule has 0 radical (unpaired) electrons. The standard InChI is InChI=1S/C67H122N12O12/c1-27-31-32-44(17)56(80)55-60(84)70-47(28-2)62(86)72(20)48(33-34-79(29-3)30-4)63(87)76(24)53(42(13)14)59(83)71-52(41(11)12)66(90)73(21)49(35-38(5)6)58(82)68-45(18)57(81)69-46(19)61(85)74(22)50(36-39(7)8)64(88)75(23)51(37-40(9)10)65(89)77(25)54(43(15)16)67(91)78(55)26/h27,31,38-56,80H,28-30,32-37H2,1-26H3,(H,68,82)(H,69,81)(H,70,84)(H,71,83)/b31-27+/t44-,45+,46-,47+,48-,49+,50+,51+,52+,53+,54+,55+,56-/m1/s1. The van der Waals surface area contributed by atoms with E-state index in [0.29, 0.717) is 26.1 Å². The molecule has 24 heteroatoms. The summed E-state index contributed by atoms with van der Waals surface area (Å²) < 4.78 is 0. The summed E-state index contributed by atoms with van der Waals surface area (Å²) in [6.07, 6.45) is 2.97. The van der Waals surface area contributed by atoms with E-state index in [0.717, 1.165) is 4.90 Å². The Kier molecular flexibility index (Phi) is 34.7. The Hall–Kier alpha value is -6.17. The predicted molar refractivity (Wildman–Crippen MR) is 355 cm³/mol.